The van der Waals surface area contributed by atoms with Crippen molar-refractivity contribution in [1.82, 2.24) is 10.6 Å². The van der Waals surface area contributed by atoms with E-state index < -0.39 is 0 Å². The highest BCUT2D eigenvalue weighted by molar-refractivity contribution is 4.46. The normalized spacial score (nSPS) is 9.38. The van der Waals surface area contributed by atoms with Crippen molar-refractivity contribution in [1.29, 1.82) is 0 Å². The van der Waals surface area contributed by atoms with E-state index in [1.807, 2.05) is 0 Å². The van der Waals surface area contributed by atoms with Crippen LogP contribution >= 0.6 is 0 Å². The van der Waals surface area contributed by atoms with Crippen LogP contribution in [0.4, 0.5) is 0 Å². The van der Waals surface area contributed by atoms with Gasteiger partial charge in [0.2, 0.25) is 0 Å². The Morgan fingerprint density at radius 2 is 1.25 bits per heavy atom. The van der Waals surface area contributed by atoms with Crippen molar-refractivity contribution < 1.29 is 10.2 Å². The fraction of sp³-hybridized carbons (Fsp3) is 1.00. The average molecular weight is 236 g/mol. The van der Waals surface area contributed by atoms with E-state index in [4.69, 9.17) is 10.2 Å². The van der Waals surface area contributed by atoms with Crippen LogP contribution in [-0.2, 0) is 0 Å². The van der Waals surface area contributed by atoms with Gasteiger partial charge in [-0.3, -0.25) is 5.32 Å². The van der Waals surface area contributed by atoms with E-state index >= 15 is 0 Å². The Hall–Kier alpha value is -0.160. The van der Waals surface area contributed by atoms with Crippen LogP contribution < -0.4 is 10.6 Å². The molecule has 0 atom stereocenters. The molecule has 0 aliphatic carbocycles. The summed E-state index contributed by atoms with van der Waals surface area (Å²) in [6, 6.07) is 0. The second-order valence-corrected chi connectivity index (χ2v) is 4.21. The Kier molecular flexibility index (Phi) is 26.8. The maximum Gasteiger partial charge on any atom is 0.0931 e. The Morgan fingerprint density at radius 1 is 0.875 bits per heavy atom. The fourth-order valence-electron chi connectivity index (χ4n) is 0.786. The van der Waals surface area contributed by atoms with Crippen molar-refractivity contribution in [2.75, 3.05) is 33.5 Å². The molecule has 0 aliphatic rings. The number of rotatable bonds is 6. The first kappa shape index (κ1) is 21.2. The summed E-state index contributed by atoms with van der Waals surface area (Å²) in [6.07, 6.45) is 0. The van der Waals surface area contributed by atoms with Gasteiger partial charge < -0.3 is 15.5 Å². The number of hydrogen-bond donors (Lipinski definition) is 4. The molecule has 4 N–H and O–H groups in total. The van der Waals surface area contributed by atoms with E-state index in [2.05, 4.69) is 45.3 Å². The van der Waals surface area contributed by atoms with Crippen molar-refractivity contribution in [3.05, 3.63) is 0 Å². The van der Waals surface area contributed by atoms with E-state index in [0.29, 0.717) is 5.92 Å². The summed E-state index contributed by atoms with van der Waals surface area (Å²) < 4.78 is 0. The van der Waals surface area contributed by atoms with Gasteiger partial charge in [0.1, 0.15) is 0 Å². The molecular weight excluding hydrogens is 204 g/mol. The summed E-state index contributed by atoms with van der Waals surface area (Å²) in [5, 5.41) is 21.3. The minimum absolute atomic E-state index is 0.0954. The summed E-state index contributed by atoms with van der Waals surface area (Å²) in [6.45, 7) is 14.0. The highest BCUT2D eigenvalue weighted by atomic mass is 16.3. The van der Waals surface area contributed by atoms with Crippen molar-refractivity contribution in [2.45, 2.75) is 34.6 Å². The van der Waals surface area contributed by atoms with Gasteiger partial charge in [-0.25, -0.2) is 0 Å². The quantitative estimate of drug-likeness (QED) is 0.520. The maximum atomic E-state index is 8.20. The highest BCUT2D eigenvalue weighted by Gasteiger charge is 1.87. The summed E-state index contributed by atoms with van der Waals surface area (Å²) in [5.41, 5.74) is 0. The Morgan fingerprint density at radius 3 is 1.38 bits per heavy atom. The molecule has 0 heterocycles. The molecule has 0 rings (SSSR count). The van der Waals surface area contributed by atoms with Gasteiger partial charge in [-0.15, -0.1) is 0 Å². The molecule has 0 saturated carbocycles. The Bertz CT molecular complexity index is 87.0. The van der Waals surface area contributed by atoms with E-state index in [1.165, 1.54) is 0 Å². The topological polar surface area (TPSA) is 64.5 Å². The summed E-state index contributed by atoms with van der Waals surface area (Å²) in [4.78, 5) is 0. The number of nitrogens with one attached hydrogen (secondary N) is 2. The van der Waals surface area contributed by atoms with Crippen molar-refractivity contribution in [3.8, 4) is 0 Å². The molecule has 0 unspecified atom stereocenters. The van der Waals surface area contributed by atoms with Crippen LogP contribution in [0.3, 0.4) is 0 Å². The van der Waals surface area contributed by atoms with Crippen LogP contribution in [0, 0.1) is 11.8 Å². The zero-order valence-corrected chi connectivity index (χ0v) is 11.9. The zero-order chi connectivity index (χ0) is 13.4. The van der Waals surface area contributed by atoms with E-state index in [9.17, 15) is 0 Å². The third-order valence-electron chi connectivity index (χ3n) is 1.47. The summed E-state index contributed by atoms with van der Waals surface area (Å²) in [7, 11) is 1.00. The standard InChI is InChI=1S/C6H15N.C5H13NO.CH4O/c1-4-7-5-6(2)3;1-5(2)3-6-4-7;1-2/h6-7H,4-5H2,1-3H3;5-7H,3-4H2,1-2H3;2H,1H3. The maximum absolute atomic E-state index is 8.20. The number of aliphatic hydroxyl groups is 2. The molecule has 4 nitrogen and oxygen atoms in total. The predicted octanol–water partition coefficient (Wildman–Crippen LogP) is 1.04. The molecular formula is C12H32N2O2. The van der Waals surface area contributed by atoms with Crippen LogP contribution in [0.5, 0.6) is 0 Å². The molecule has 16 heavy (non-hydrogen) atoms. The van der Waals surface area contributed by atoms with Crippen molar-refractivity contribution in [2.24, 2.45) is 11.8 Å². The third kappa shape index (κ3) is 37.1. The predicted molar refractivity (Wildman–Crippen MR) is 71.5 cm³/mol. The van der Waals surface area contributed by atoms with Crippen LogP contribution in [0.15, 0.2) is 0 Å². The van der Waals surface area contributed by atoms with Crippen molar-refractivity contribution in [3.63, 3.8) is 0 Å². The van der Waals surface area contributed by atoms with E-state index in [1.54, 1.807) is 0 Å². The van der Waals surface area contributed by atoms with Crippen LogP contribution in [0.25, 0.3) is 0 Å². The first-order valence-corrected chi connectivity index (χ1v) is 6.01. The van der Waals surface area contributed by atoms with Gasteiger partial charge in [0.15, 0.2) is 0 Å². The SMILES string of the molecule is CC(C)CNCO.CCNCC(C)C.CO. The molecule has 0 aromatic heterocycles. The molecule has 0 bridgehead atoms. The molecule has 0 spiro atoms. The van der Waals surface area contributed by atoms with E-state index in [0.717, 1.165) is 32.7 Å². The summed E-state index contributed by atoms with van der Waals surface area (Å²) in [5.74, 6) is 1.42. The zero-order valence-electron chi connectivity index (χ0n) is 11.9. The average Bonchev–Trinajstić information content (AvgIpc) is 2.27. The fourth-order valence-corrected chi connectivity index (χ4v) is 0.786. The van der Waals surface area contributed by atoms with Gasteiger partial charge in [-0.2, -0.15) is 0 Å². The third-order valence-corrected chi connectivity index (χ3v) is 1.47. The molecule has 0 amide bonds. The lowest BCUT2D eigenvalue weighted by Gasteiger charge is -2.01. The molecule has 0 aromatic carbocycles. The Balaban J connectivity index is -0.000000183. The minimum Gasteiger partial charge on any atom is -0.400 e. The van der Waals surface area contributed by atoms with Crippen LogP contribution in [0.1, 0.15) is 34.6 Å². The van der Waals surface area contributed by atoms with Gasteiger partial charge in [-0.05, 0) is 31.5 Å². The molecule has 0 fully saturated rings. The molecule has 0 radical (unpaired) electrons. The lowest BCUT2D eigenvalue weighted by Crippen LogP contribution is -2.19. The monoisotopic (exact) mass is 236 g/mol. The lowest BCUT2D eigenvalue weighted by molar-refractivity contribution is 0.254. The van der Waals surface area contributed by atoms with Gasteiger partial charge in [0.05, 0.1) is 6.73 Å². The number of aliphatic hydroxyl groups excluding tert-OH is 2. The lowest BCUT2D eigenvalue weighted by atomic mass is 10.2. The first-order valence-electron chi connectivity index (χ1n) is 6.01. The van der Waals surface area contributed by atoms with Gasteiger partial charge in [0, 0.05) is 7.11 Å². The van der Waals surface area contributed by atoms with Gasteiger partial charge in [-0.1, -0.05) is 34.6 Å². The van der Waals surface area contributed by atoms with Crippen LogP contribution in [0.2, 0.25) is 0 Å². The second-order valence-electron chi connectivity index (χ2n) is 4.21. The second kappa shape index (κ2) is 20.3. The first-order chi connectivity index (χ1) is 7.54. The summed E-state index contributed by atoms with van der Waals surface area (Å²) >= 11 is 0. The smallest absolute Gasteiger partial charge is 0.0931 e. The van der Waals surface area contributed by atoms with Crippen LogP contribution in [-0.4, -0.2) is 43.7 Å². The molecule has 4 heteroatoms. The Labute approximate surface area is 101 Å². The molecule has 102 valence electrons. The van der Waals surface area contributed by atoms with Gasteiger partial charge in [0.25, 0.3) is 0 Å². The highest BCUT2D eigenvalue weighted by Crippen LogP contribution is 1.85. The molecule has 0 saturated heterocycles. The van der Waals surface area contributed by atoms with E-state index in [-0.39, 0.29) is 6.73 Å². The molecule has 0 aromatic rings. The largest absolute Gasteiger partial charge is 0.400 e. The molecule has 0 aliphatic heterocycles. The van der Waals surface area contributed by atoms with Crippen molar-refractivity contribution >= 4 is 0 Å². The number of hydrogen-bond acceptors (Lipinski definition) is 4. The minimum atomic E-state index is 0.0954. The van der Waals surface area contributed by atoms with Gasteiger partial charge >= 0.3 is 0 Å².